The first-order valence-electron chi connectivity index (χ1n) is 10.5. The van der Waals surface area contributed by atoms with E-state index in [1.807, 2.05) is 48.5 Å². The van der Waals surface area contributed by atoms with Crippen LogP contribution in [-0.2, 0) is 10.2 Å². The molecule has 2 N–H and O–H groups in total. The highest BCUT2D eigenvalue weighted by atomic mass is 16.5. The normalized spacial score (nSPS) is 14.6. The highest BCUT2D eigenvalue weighted by molar-refractivity contribution is 6.05. The predicted octanol–water partition coefficient (Wildman–Crippen LogP) is 5.40. The molecule has 158 valence electrons. The molecule has 1 aliphatic carbocycles. The van der Waals surface area contributed by atoms with E-state index in [0.717, 1.165) is 31.2 Å². The summed E-state index contributed by atoms with van der Waals surface area (Å²) < 4.78 is 5.47. The van der Waals surface area contributed by atoms with E-state index < -0.39 is 5.41 Å². The number of ether oxygens (including phenoxy) is 1. The van der Waals surface area contributed by atoms with Gasteiger partial charge in [-0.3, -0.25) is 9.59 Å². The second-order valence-corrected chi connectivity index (χ2v) is 7.84. The van der Waals surface area contributed by atoms with Crippen LogP contribution in [0.2, 0.25) is 0 Å². The summed E-state index contributed by atoms with van der Waals surface area (Å²) in [6.45, 7) is 0. The maximum absolute atomic E-state index is 13.4. The van der Waals surface area contributed by atoms with Crippen LogP contribution < -0.4 is 15.4 Å². The van der Waals surface area contributed by atoms with Gasteiger partial charge in [-0.2, -0.15) is 0 Å². The lowest BCUT2D eigenvalue weighted by molar-refractivity contribution is -0.121. The van der Waals surface area contributed by atoms with Gasteiger partial charge in [0.1, 0.15) is 5.75 Å². The standard InChI is InChI=1S/C26H26N2O3/c1-31-23-18-21(14-15-22(23)28-24(29)19-10-4-2-5-11-19)27-25(30)26(16-8-9-17-26)20-12-6-3-7-13-20/h2-7,10-15,18H,8-9,16-17H2,1H3,(H,27,30)(H,28,29). The molecular formula is C26H26N2O3. The molecule has 1 aliphatic rings. The fraction of sp³-hybridized carbons (Fsp3) is 0.231. The zero-order valence-corrected chi connectivity index (χ0v) is 17.6. The van der Waals surface area contributed by atoms with Crippen molar-refractivity contribution in [2.75, 3.05) is 17.7 Å². The average Bonchev–Trinajstić information content (AvgIpc) is 3.32. The Bertz CT molecular complexity index is 1060. The van der Waals surface area contributed by atoms with Crippen LogP contribution in [0.1, 0.15) is 41.6 Å². The molecule has 1 saturated carbocycles. The number of methoxy groups -OCH3 is 1. The monoisotopic (exact) mass is 414 g/mol. The number of amides is 2. The van der Waals surface area contributed by atoms with Crippen LogP contribution in [0.25, 0.3) is 0 Å². The Balaban J connectivity index is 1.54. The molecule has 0 saturated heterocycles. The third-order valence-electron chi connectivity index (χ3n) is 5.96. The maximum Gasteiger partial charge on any atom is 0.255 e. The van der Waals surface area contributed by atoms with Gasteiger partial charge in [0.25, 0.3) is 5.91 Å². The SMILES string of the molecule is COc1cc(NC(=O)C2(c3ccccc3)CCCC2)ccc1NC(=O)c1ccccc1. The van der Waals surface area contributed by atoms with Gasteiger partial charge >= 0.3 is 0 Å². The zero-order chi connectivity index (χ0) is 21.7. The lowest BCUT2D eigenvalue weighted by atomic mass is 9.78. The van der Waals surface area contributed by atoms with E-state index in [0.29, 0.717) is 22.7 Å². The van der Waals surface area contributed by atoms with Gasteiger partial charge in [-0.05, 0) is 42.7 Å². The zero-order valence-electron chi connectivity index (χ0n) is 17.6. The molecule has 4 rings (SSSR count). The van der Waals surface area contributed by atoms with E-state index in [1.165, 1.54) is 0 Å². The number of rotatable bonds is 6. The molecule has 0 bridgehead atoms. The largest absolute Gasteiger partial charge is 0.494 e. The summed E-state index contributed by atoms with van der Waals surface area (Å²) in [5, 5.41) is 5.95. The summed E-state index contributed by atoms with van der Waals surface area (Å²) in [5.74, 6) is 0.270. The number of benzene rings is 3. The van der Waals surface area contributed by atoms with Crippen molar-refractivity contribution < 1.29 is 14.3 Å². The third kappa shape index (κ3) is 4.31. The van der Waals surface area contributed by atoms with Gasteiger partial charge in [0.15, 0.2) is 0 Å². The molecule has 3 aromatic carbocycles. The molecule has 2 amide bonds. The first-order chi connectivity index (χ1) is 15.1. The fourth-order valence-corrected chi connectivity index (χ4v) is 4.29. The van der Waals surface area contributed by atoms with Gasteiger partial charge < -0.3 is 15.4 Å². The van der Waals surface area contributed by atoms with Crippen molar-refractivity contribution in [3.63, 3.8) is 0 Å². The van der Waals surface area contributed by atoms with Crippen LogP contribution in [0.15, 0.2) is 78.9 Å². The lowest BCUT2D eigenvalue weighted by Gasteiger charge is -2.28. The number of nitrogens with one attached hydrogen (secondary N) is 2. The second-order valence-electron chi connectivity index (χ2n) is 7.84. The van der Waals surface area contributed by atoms with E-state index in [-0.39, 0.29) is 11.8 Å². The van der Waals surface area contributed by atoms with Gasteiger partial charge in [-0.25, -0.2) is 0 Å². The summed E-state index contributed by atoms with van der Waals surface area (Å²) in [6.07, 6.45) is 3.75. The average molecular weight is 415 g/mol. The molecule has 0 heterocycles. The van der Waals surface area contributed by atoms with Crippen LogP contribution in [0.3, 0.4) is 0 Å². The first-order valence-corrected chi connectivity index (χ1v) is 10.5. The minimum Gasteiger partial charge on any atom is -0.494 e. The minimum atomic E-state index is -0.505. The Morgan fingerprint density at radius 1 is 0.839 bits per heavy atom. The molecule has 5 nitrogen and oxygen atoms in total. The van der Waals surface area contributed by atoms with E-state index in [9.17, 15) is 9.59 Å². The summed E-state index contributed by atoms with van der Waals surface area (Å²) in [7, 11) is 1.54. The minimum absolute atomic E-state index is 0.000626. The fourth-order valence-electron chi connectivity index (χ4n) is 4.29. The van der Waals surface area contributed by atoms with Crippen molar-refractivity contribution >= 4 is 23.2 Å². The molecule has 0 aliphatic heterocycles. The first kappa shape index (κ1) is 20.7. The van der Waals surface area contributed by atoms with Crippen molar-refractivity contribution in [2.45, 2.75) is 31.1 Å². The molecule has 31 heavy (non-hydrogen) atoms. The van der Waals surface area contributed by atoms with Crippen molar-refractivity contribution in [3.8, 4) is 5.75 Å². The summed E-state index contributed by atoms with van der Waals surface area (Å²) >= 11 is 0. The lowest BCUT2D eigenvalue weighted by Crippen LogP contribution is -2.37. The smallest absolute Gasteiger partial charge is 0.255 e. The molecule has 5 heteroatoms. The molecule has 0 aromatic heterocycles. The number of anilines is 2. The van der Waals surface area contributed by atoms with Gasteiger partial charge in [0, 0.05) is 17.3 Å². The Morgan fingerprint density at radius 3 is 2.13 bits per heavy atom. The molecule has 0 radical (unpaired) electrons. The Labute approximate surface area is 182 Å². The van der Waals surface area contributed by atoms with Crippen LogP contribution in [0.5, 0.6) is 5.75 Å². The quantitative estimate of drug-likeness (QED) is 0.568. The molecule has 0 atom stereocenters. The summed E-state index contributed by atoms with van der Waals surface area (Å²) in [5.41, 5.74) is 2.31. The maximum atomic E-state index is 13.4. The molecule has 0 unspecified atom stereocenters. The van der Waals surface area contributed by atoms with Crippen LogP contribution in [0.4, 0.5) is 11.4 Å². The number of hydrogen-bond donors (Lipinski definition) is 2. The highest BCUT2D eigenvalue weighted by Gasteiger charge is 2.42. The van der Waals surface area contributed by atoms with Crippen molar-refractivity contribution in [2.24, 2.45) is 0 Å². The van der Waals surface area contributed by atoms with Crippen LogP contribution in [-0.4, -0.2) is 18.9 Å². The number of hydrogen-bond acceptors (Lipinski definition) is 3. The molecular weight excluding hydrogens is 388 g/mol. The molecule has 3 aromatic rings. The summed E-state index contributed by atoms with van der Waals surface area (Å²) in [4.78, 5) is 25.8. The summed E-state index contributed by atoms with van der Waals surface area (Å²) in [6, 6.07) is 24.3. The Hall–Kier alpha value is -3.60. The van der Waals surface area contributed by atoms with Gasteiger partial charge in [0.2, 0.25) is 5.91 Å². The number of carbonyl (C=O) groups excluding carboxylic acids is 2. The van der Waals surface area contributed by atoms with E-state index >= 15 is 0 Å². The van der Waals surface area contributed by atoms with E-state index in [4.69, 9.17) is 4.74 Å². The van der Waals surface area contributed by atoms with Crippen LogP contribution in [0, 0.1) is 0 Å². The Morgan fingerprint density at radius 2 is 1.48 bits per heavy atom. The van der Waals surface area contributed by atoms with Gasteiger partial charge in [0.05, 0.1) is 18.2 Å². The number of carbonyl (C=O) groups is 2. The van der Waals surface area contributed by atoms with Crippen molar-refractivity contribution in [3.05, 3.63) is 90.0 Å². The topological polar surface area (TPSA) is 67.4 Å². The molecule has 0 spiro atoms. The highest BCUT2D eigenvalue weighted by Crippen LogP contribution is 2.42. The molecule has 1 fully saturated rings. The van der Waals surface area contributed by atoms with Gasteiger partial charge in [-0.15, -0.1) is 0 Å². The predicted molar refractivity (Wildman–Crippen MR) is 123 cm³/mol. The Kier molecular flexibility index (Phi) is 6.03. The third-order valence-corrected chi connectivity index (χ3v) is 5.96. The van der Waals surface area contributed by atoms with Crippen LogP contribution >= 0.6 is 0 Å². The van der Waals surface area contributed by atoms with E-state index in [1.54, 1.807) is 37.4 Å². The van der Waals surface area contributed by atoms with Crippen molar-refractivity contribution in [1.82, 2.24) is 0 Å². The van der Waals surface area contributed by atoms with Gasteiger partial charge in [-0.1, -0.05) is 61.4 Å². The van der Waals surface area contributed by atoms with Crippen molar-refractivity contribution in [1.29, 1.82) is 0 Å². The van der Waals surface area contributed by atoms with E-state index in [2.05, 4.69) is 10.6 Å². The second kappa shape index (κ2) is 9.04.